The molecular formula is C11H7FN2O3. The Morgan fingerprint density at radius 1 is 1.24 bits per heavy atom. The molecule has 0 aliphatic heterocycles. The third-order valence-electron chi connectivity index (χ3n) is 2.23. The zero-order valence-electron chi connectivity index (χ0n) is 8.54. The van der Waals surface area contributed by atoms with Crippen LogP contribution >= 0.6 is 0 Å². The predicted molar refractivity (Wildman–Crippen MR) is 58.7 cm³/mol. The van der Waals surface area contributed by atoms with Crippen molar-refractivity contribution >= 4 is 5.69 Å². The minimum atomic E-state index is -0.969. The van der Waals surface area contributed by atoms with Crippen LogP contribution in [-0.2, 0) is 0 Å². The van der Waals surface area contributed by atoms with Gasteiger partial charge in [-0.1, -0.05) is 6.07 Å². The number of aromatic nitrogens is 1. The molecular weight excluding hydrogens is 227 g/mol. The van der Waals surface area contributed by atoms with E-state index in [1.54, 1.807) is 12.1 Å². The molecule has 1 aromatic carbocycles. The van der Waals surface area contributed by atoms with Gasteiger partial charge in [0.2, 0.25) is 5.82 Å². The van der Waals surface area contributed by atoms with E-state index >= 15 is 0 Å². The molecule has 5 nitrogen and oxygen atoms in total. The van der Waals surface area contributed by atoms with E-state index in [0.29, 0.717) is 0 Å². The number of nitro benzene ring substituents is 1. The van der Waals surface area contributed by atoms with Gasteiger partial charge in [-0.15, -0.1) is 0 Å². The number of hydrogen-bond acceptors (Lipinski definition) is 3. The molecule has 2 rings (SSSR count). The van der Waals surface area contributed by atoms with Gasteiger partial charge in [-0.2, -0.15) is 4.39 Å². The van der Waals surface area contributed by atoms with Crippen molar-refractivity contribution in [2.75, 3.05) is 0 Å². The molecule has 0 aliphatic rings. The average Bonchev–Trinajstić information content (AvgIpc) is 2.29. The van der Waals surface area contributed by atoms with Crippen molar-refractivity contribution in [1.82, 2.24) is 4.57 Å². The average molecular weight is 234 g/mol. The van der Waals surface area contributed by atoms with Crippen LogP contribution in [0.4, 0.5) is 10.1 Å². The molecule has 0 saturated carbocycles. The lowest BCUT2D eigenvalue weighted by molar-refractivity contribution is -0.387. The van der Waals surface area contributed by atoms with Crippen LogP contribution < -0.4 is 5.56 Å². The first-order chi connectivity index (χ1) is 8.09. The quantitative estimate of drug-likeness (QED) is 0.588. The number of hydrogen-bond donors (Lipinski definition) is 0. The highest BCUT2D eigenvalue weighted by Crippen LogP contribution is 2.19. The standard InChI is InChI=1S/C11H7FN2O3/c12-9-7-8(4-5-10(9)14(16)17)13-6-2-1-3-11(13)15/h1-7H. The van der Waals surface area contributed by atoms with Crippen LogP contribution in [-0.4, -0.2) is 9.49 Å². The Balaban J connectivity index is 2.56. The van der Waals surface area contributed by atoms with Gasteiger partial charge in [0.15, 0.2) is 0 Å². The Morgan fingerprint density at radius 2 is 2.00 bits per heavy atom. The molecule has 0 N–H and O–H groups in total. The van der Waals surface area contributed by atoms with Crippen molar-refractivity contribution < 1.29 is 9.31 Å². The number of halogens is 1. The lowest BCUT2D eigenvalue weighted by Crippen LogP contribution is -2.15. The van der Waals surface area contributed by atoms with Gasteiger partial charge < -0.3 is 0 Å². The topological polar surface area (TPSA) is 65.1 Å². The van der Waals surface area contributed by atoms with Gasteiger partial charge in [-0.3, -0.25) is 19.5 Å². The number of nitrogens with zero attached hydrogens (tertiary/aromatic N) is 2. The molecule has 1 aromatic heterocycles. The number of nitro groups is 1. The molecule has 0 fully saturated rings. The van der Waals surface area contributed by atoms with Crippen LogP contribution in [0.3, 0.4) is 0 Å². The molecule has 2 aromatic rings. The molecule has 6 heteroatoms. The summed E-state index contributed by atoms with van der Waals surface area (Å²) >= 11 is 0. The van der Waals surface area contributed by atoms with Crippen molar-refractivity contribution in [3.63, 3.8) is 0 Å². The molecule has 0 bridgehead atoms. The molecule has 0 spiro atoms. The van der Waals surface area contributed by atoms with Crippen molar-refractivity contribution in [2.45, 2.75) is 0 Å². The van der Waals surface area contributed by atoms with Crippen molar-refractivity contribution in [3.8, 4) is 5.69 Å². The van der Waals surface area contributed by atoms with Gasteiger partial charge in [-0.05, 0) is 12.1 Å². The van der Waals surface area contributed by atoms with Gasteiger partial charge in [0.1, 0.15) is 0 Å². The zero-order chi connectivity index (χ0) is 12.4. The highest BCUT2D eigenvalue weighted by molar-refractivity contribution is 5.42. The van der Waals surface area contributed by atoms with Crippen molar-refractivity contribution in [2.24, 2.45) is 0 Å². The van der Waals surface area contributed by atoms with E-state index in [4.69, 9.17) is 0 Å². The van der Waals surface area contributed by atoms with Crippen LogP contribution in [0.25, 0.3) is 5.69 Å². The van der Waals surface area contributed by atoms with E-state index in [9.17, 15) is 19.3 Å². The van der Waals surface area contributed by atoms with E-state index in [-0.39, 0.29) is 11.2 Å². The fraction of sp³-hybridized carbons (Fsp3) is 0. The SMILES string of the molecule is O=c1ccccn1-c1ccc([N+](=O)[O-])c(F)c1. The van der Waals surface area contributed by atoms with Crippen molar-refractivity contribution in [3.05, 3.63) is 68.9 Å². The van der Waals surface area contributed by atoms with Gasteiger partial charge in [-0.25, -0.2) is 0 Å². The highest BCUT2D eigenvalue weighted by Gasteiger charge is 2.14. The largest absolute Gasteiger partial charge is 0.304 e. The lowest BCUT2D eigenvalue weighted by Gasteiger charge is -2.04. The molecule has 86 valence electrons. The summed E-state index contributed by atoms with van der Waals surface area (Å²) in [5.74, 6) is -0.969. The number of pyridine rings is 1. The smallest absolute Gasteiger partial charge is 0.284 e. The van der Waals surface area contributed by atoms with E-state index in [1.807, 2.05) is 0 Å². The summed E-state index contributed by atoms with van der Waals surface area (Å²) in [6, 6.07) is 7.80. The Kier molecular flexibility index (Phi) is 2.70. The Morgan fingerprint density at radius 3 is 2.59 bits per heavy atom. The first kappa shape index (κ1) is 11.0. The van der Waals surface area contributed by atoms with E-state index in [1.165, 1.54) is 22.9 Å². The Bertz CT molecular complexity index is 637. The molecule has 0 saturated heterocycles. The molecule has 17 heavy (non-hydrogen) atoms. The second-order valence-electron chi connectivity index (χ2n) is 3.30. The first-order valence-electron chi connectivity index (χ1n) is 4.71. The molecule has 0 unspecified atom stereocenters. The monoisotopic (exact) mass is 234 g/mol. The third-order valence-corrected chi connectivity index (χ3v) is 2.23. The first-order valence-corrected chi connectivity index (χ1v) is 4.71. The van der Waals surface area contributed by atoms with Gasteiger partial charge in [0, 0.05) is 24.4 Å². The molecule has 0 radical (unpaired) electrons. The summed E-state index contributed by atoms with van der Waals surface area (Å²) in [5, 5.41) is 10.4. The van der Waals surface area contributed by atoms with Gasteiger partial charge in [0.25, 0.3) is 5.56 Å². The highest BCUT2D eigenvalue weighted by atomic mass is 19.1. The Hall–Kier alpha value is -2.50. The molecule has 0 atom stereocenters. The summed E-state index contributed by atoms with van der Waals surface area (Å²) in [7, 11) is 0. The maximum Gasteiger partial charge on any atom is 0.304 e. The summed E-state index contributed by atoms with van der Waals surface area (Å²) in [4.78, 5) is 21.1. The number of benzene rings is 1. The minimum absolute atomic E-state index is 0.249. The minimum Gasteiger partial charge on any atom is -0.284 e. The zero-order valence-corrected chi connectivity index (χ0v) is 8.54. The van der Waals surface area contributed by atoms with Crippen LogP contribution in [0.5, 0.6) is 0 Å². The second-order valence-corrected chi connectivity index (χ2v) is 3.30. The van der Waals surface area contributed by atoms with Gasteiger partial charge >= 0.3 is 5.69 Å². The van der Waals surface area contributed by atoms with Crippen molar-refractivity contribution in [1.29, 1.82) is 0 Å². The van der Waals surface area contributed by atoms with Crippen LogP contribution in [0.1, 0.15) is 0 Å². The summed E-state index contributed by atoms with van der Waals surface area (Å²) in [6.45, 7) is 0. The van der Waals surface area contributed by atoms with E-state index in [2.05, 4.69) is 0 Å². The normalized spacial score (nSPS) is 10.2. The second kappa shape index (κ2) is 4.17. The van der Waals surface area contributed by atoms with Crippen LogP contribution in [0, 0.1) is 15.9 Å². The maximum atomic E-state index is 13.4. The summed E-state index contributed by atoms with van der Waals surface area (Å²) in [6.07, 6.45) is 1.46. The van der Waals surface area contributed by atoms with E-state index < -0.39 is 16.4 Å². The maximum absolute atomic E-state index is 13.4. The lowest BCUT2D eigenvalue weighted by atomic mass is 10.2. The summed E-state index contributed by atoms with van der Waals surface area (Å²) in [5.41, 5.74) is -0.697. The molecule has 0 amide bonds. The van der Waals surface area contributed by atoms with Crippen LogP contribution in [0.15, 0.2) is 47.4 Å². The Labute approximate surface area is 94.9 Å². The molecule has 0 aliphatic carbocycles. The number of rotatable bonds is 2. The van der Waals surface area contributed by atoms with Gasteiger partial charge in [0.05, 0.1) is 10.6 Å². The predicted octanol–water partition coefficient (Wildman–Crippen LogP) is 1.88. The fourth-order valence-electron chi connectivity index (χ4n) is 1.43. The summed E-state index contributed by atoms with van der Waals surface area (Å²) < 4.78 is 14.6. The van der Waals surface area contributed by atoms with Crippen LogP contribution in [0.2, 0.25) is 0 Å². The third kappa shape index (κ3) is 2.05. The van der Waals surface area contributed by atoms with E-state index in [0.717, 1.165) is 12.1 Å². The fourth-order valence-corrected chi connectivity index (χ4v) is 1.43. The molecule has 1 heterocycles.